The third kappa shape index (κ3) is 3.64. The van der Waals surface area contributed by atoms with E-state index in [0.29, 0.717) is 11.8 Å². The van der Waals surface area contributed by atoms with Gasteiger partial charge in [-0.1, -0.05) is 27.7 Å². The number of aromatic nitrogens is 4. The molecule has 2 aromatic rings. The lowest BCUT2D eigenvalue weighted by molar-refractivity contribution is 0.726. The van der Waals surface area contributed by atoms with E-state index in [-0.39, 0.29) is 6.04 Å². The molecule has 0 saturated heterocycles. The van der Waals surface area contributed by atoms with Crippen LogP contribution in [-0.4, -0.2) is 19.7 Å². The second-order valence-corrected chi connectivity index (χ2v) is 6.56. The number of anilines is 1. The molecule has 22 heavy (non-hydrogen) atoms. The molecule has 5 nitrogen and oxygen atoms in total. The third-order valence-electron chi connectivity index (χ3n) is 3.75. The summed E-state index contributed by atoms with van der Waals surface area (Å²) < 4.78 is 1.85. The van der Waals surface area contributed by atoms with Crippen molar-refractivity contribution in [1.29, 1.82) is 0 Å². The molecule has 0 aliphatic heterocycles. The molecule has 120 valence electrons. The largest absolute Gasteiger partial charge is 0.363 e. The second-order valence-electron chi connectivity index (χ2n) is 6.56. The van der Waals surface area contributed by atoms with Crippen LogP contribution in [0.5, 0.6) is 0 Å². The van der Waals surface area contributed by atoms with Crippen LogP contribution in [-0.2, 0) is 7.05 Å². The Morgan fingerprint density at radius 1 is 1.05 bits per heavy atom. The van der Waals surface area contributed by atoms with Crippen molar-refractivity contribution < 1.29 is 0 Å². The number of nitrogens with one attached hydrogen (secondary N) is 1. The Labute approximate surface area is 133 Å². The van der Waals surface area contributed by atoms with E-state index in [2.05, 4.69) is 67.3 Å². The number of hydrogen-bond donors (Lipinski definition) is 1. The van der Waals surface area contributed by atoms with E-state index in [9.17, 15) is 0 Å². The smallest absolute Gasteiger partial charge is 0.133 e. The van der Waals surface area contributed by atoms with E-state index < -0.39 is 0 Å². The minimum absolute atomic E-state index is 0.156. The minimum atomic E-state index is 0.156. The monoisotopic (exact) mass is 301 g/mol. The lowest BCUT2D eigenvalue weighted by Gasteiger charge is -2.17. The van der Waals surface area contributed by atoms with E-state index in [4.69, 9.17) is 0 Å². The Morgan fingerprint density at radius 2 is 1.73 bits per heavy atom. The summed E-state index contributed by atoms with van der Waals surface area (Å²) in [6.45, 7) is 12.7. The summed E-state index contributed by atoms with van der Waals surface area (Å²) in [5, 5.41) is 7.91. The summed E-state index contributed by atoms with van der Waals surface area (Å²) in [6, 6.07) is 2.21. The van der Waals surface area contributed by atoms with E-state index >= 15 is 0 Å². The van der Waals surface area contributed by atoms with Gasteiger partial charge in [0.25, 0.3) is 0 Å². The molecule has 0 amide bonds. The maximum atomic E-state index is 4.67. The molecule has 2 rings (SSSR count). The Balaban J connectivity index is 2.30. The topological polar surface area (TPSA) is 55.6 Å². The van der Waals surface area contributed by atoms with Gasteiger partial charge in [0, 0.05) is 36.5 Å². The van der Waals surface area contributed by atoms with E-state index in [1.807, 2.05) is 18.7 Å². The number of hydrogen-bond acceptors (Lipinski definition) is 4. The maximum absolute atomic E-state index is 4.67. The van der Waals surface area contributed by atoms with Crippen LogP contribution in [0.3, 0.4) is 0 Å². The third-order valence-corrected chi connectivity index (χ3v) is 3.75. The van der Waals surface area contributed by atoms with Gasteiger partial charge in [-0.15, -0.1) is 0 Å². The molecule has 2 aromatic heterocycles. The van der Waals surface area contributed by atoms with E-state index in [0.717, 1.165) is 23.0 Å². The molecule has 0 fully saturated rings. The molecule has 0 unspecified atom stereocenters. The van der Waals surface area contributed by atoms with Crippen molar-refractivity contribution in [3.05, 3.63) is 35.0 Å². The van der Waals surface area contributed by atoms with Crippen LogP contribution in [0.4, 0.5) is 5.82 Å². The standard InChI is InChI=1S/C17H27N5/c1-10(2)15-8-16(20-17(19-15)11(3)4)18-12(5)14-9-22(7)21-13(14)6/h8-12H,1-7H3,(H,18,19,20)/t12-/m0/s1. The van der Waals surface area contributed by atoms with Crippen LogP contribution in [0, 0.1) is 6.92 Å². The van der Waals surface area contributed by atoms with E-state index in [1.54, 1.807) is 0 Å². The van der Waals surface area contributed by atoms with Crippen molar-refractivity contribution >= 4 is 5.82 Å². The molecular formula is C17H27N5. The zero-order chi connectivity index (χ0) is 16.4. The molecule has 0 spiro atoms. The maximum Gasteiger partial charge on any atom is 0.133 e. The fourth-order valence-corrected chi connectivity index (χ4v) is 2.46. The molecule has 0 aliphatic carbocycles. The molecule has 0 aliphatic rings. The van der Waals surface area contributed by atoms with Crippen LogP contribution in [0.2, 0.25) is 0 Å². The Morgan fingerprint density at radius 3 is 2.23 bits per heavy atom. The van der Waals surface area contributed by atoms with Crippen LogP contribution in [0.25, 0.3) is 0 Å². The molecule has 5 heteroatoms. The Bertz CT molecular complexity index is 616. The molecule has 2 heterocycles. The normalized spacial score (nSPS) is 13.0. The van der Waals surface area contributed by atoms with Gasteiger partial charge in [0.05, 0.1) is 11.7 Å². The van der Waals surface area contributed by atoms with E-state index in [1.165, 1.54) is 5.56 Å². The van der Waals surface area contributed by atoms with Gasteiger partial charge in [-0.2, -0.15) is 5.10 Å². The SMILES string of the molecule is Cc1nn(C)cc1[C@H](C)Nc1cc(C(C)C)nc(C(C)C)n1. The van der Waals surface area contributed by atoms with Gasteiger partial charge in [-0.05, 0) is 19.8 Å². The fraction of sp³-hybridized carbons (Fsp3) is 0.588. The average Bonchev–Trinajstić information content (AvgIpc) is 2.77. The summed E-state index contributed by atoms with van der Waals surface area (Å²) in [5.74, 6) is 2.48. The van der Waals surface area contributed by atoms with Crippen molar-refractivity contribution in [1.82, 2.24) is 19.7 Å². The van der Waals surface area contributed by atoms with Gasteiger partial charge in [0.15, 0.2) is 0 Å². The first-order valence-electron chi connectivity index (χ1n) is 7.93. The molecule has 0 radical (unpaired) electrons. The summed E-state index contributed by atoms with van der Waals surface area (Å²) in [5.41, 5.74) is 3.32. The number of rotatable bonds is 5. The number of aryl methyl sites for hydroxylation is 2. The van der Waals surface area contributed by atoms with Crippen molar-refractivity contribution in [3.8, 4) is 0 Å². The van der Waals surface area contributed by atoms with Crippen LogP contribution in [0.1, 0.15) is 75.3 Å². The summed E-state index contributed by atoms with van der Waals surface area (Å²) in [6.07, 6.45) is 2.06. The van der Waals surface area contributed by atoms with Gasteiger partial charge in [-0.3, -0.25) is 4.68 Å². The highest BCUT2D eigenvalue weighted by atomic mass is 15.3. The highest BCUT2D eigenvalue weighted by Gasteiger charge is 2.15. The molecule has 0 aromatic carbocycles. The first-order chi connectivity index (χ1) is 10.3. The number of nitrogens with zero attached hydrogens (tertiary/aromatic N) is 4. The highest BCUT2D eigenvalue weighted by molar-refractivity contribution is 5.41. The van der Waals surface area contributed by atoms with Crippen molar-refractivity contribution in [2.75, 3.05) is 5.32 Å². The molecule has 1 atom stereocenters. The Hall–Kier alpha value is -1.91. The van der Waals surface area contributed by atoms with Crippen molar-refractivity contribution in [3.63, 3.8) is 0 Å². The lowest BCUT2D eigenvalue weighted by Crippen LogP contribution is -2.12. The molecule has 0 bridgehead atoms. The van der Waals surface area contributed by atoms with Gasteiger partial charge in [-0.25, -0.2) is 9.97 Å². The van der Waals surface area contributed by atoms with Gasteiger partial charge in [0.2, 0.25) is 0 Å². The van der Waals surface area contributed by atoms with Crippen LogP contribution < -0.4 is 5.32 Å². The zero-order valence-corrected chi connectivity index (χ0v) is 14.7. The Kier molecular flexibility index (Phi) is 4.84. The summed E-state index contributed by atoms with van der Waals surface area (Å²) in [7, 11) is 1.95. The average molecular weight is 301 g/mol. The van der Waals surface area contributed by atoms with Crippen molar-refractivity contribution in [2.24, 2.45) is 7.05 Å². The zero-order valence-electron chi connectivity index (χ0n) is 14.7. The van der Waals surface area contributed by atoms with Crippen molar-refractivity contribution in [2.45, 2.75) is 59.4 Å². The quantitative estimate of drug-likeness (QED) is 0.909. The lowest BCUT2D eigenvalue weighted by atomic mass is 10.1. The second kappa shape index (κ2) is 6.46. The summed E-state index contributed by atoms with van der Waals surface area (Å²) in [4.78, 5) is 9.33. The highest BCUT2D eigenvalue weighted by Crippen LogP contribution is 2.24. The fourth-order valence-electron chi connectivity index (χ4n) is 2.46. The van der Waals surface area contributed by atoms with Gasteiger partial charge < -0.3 is 5.32 Å². The molecular weight excluding hydrogens is 274 g/mol. The molecule has 0 saturated carbocycles. The first kappa shape index (κ1) is 16.5. The van der Waals surface area contributed by atoms with Gasteiger partial charge >= 0.3 is 0 Å². The predicted octanol–water partition coefficient (Wildman–Crippen LogP) is 3.94. The summed E-state index contributed by atoms with van der Waals surface area (Å²) >= 11 is 0. The molecule has 1 N–H and O–H groups in total. The first-order valence-corrected chi connectivity index (χ1v) is 7.93. The van der Waals surface area contributed by atoms with Crippen LogP contribution in [0.15, 0.2) is 12.3 Å². The van der Waals surface area contributed by atoms with Gasteiger partial charge in [0.1, 0.15) is 11.6 Å². The van der Waals surface area contributed by atoms with Crippen LogP contribution >= 0.6 is 0 Å². The predicted molar refractivity (Wildman–Crippen MR) is 90.2 cm³/mol. The minimum Gasteiger partial charge on any atom is -0.363 e.